The lowest BCUT2D eigenvalue weighted by atomic mass is 10.1. The molecule has 114 valence electrons. The number of benzene rings is 2. The molecule has 0 aliphatic carbocycles. The van der Waals surface area contributed by atoms with Gasteiger partial charge in [0, 0.05) is 11.6 Å². The predicted molar refractivity (Wildman–Crippen MR) is 84.2 cm³/mol. The Bertz CT molecular complexity index is 630. The summed E-state index contributed by atoms with van der Waals surface area (Å²) in [5.74, 6) is 0.544. The van der Waals surface area contributed by atoms with Crippen LogP contribution in [-0.2, 0) is 4.74 Å². The minimum absolute atomic E-state index is 0.158. The third-order valence-electron chi connectivity index (χ3n) is 3.51. The maximum absolute atomic E-state index is 12.2. The third kappa shape index (κ3) is 3.59. The average Bonchev–Trinajstić information content (AvgIpc) is 2.56. The number of ether oxygens (including phenoxy) is 2. The van der Waals surface area contributed by atoms with Gasteiger partial charge in [-0.25, -0.2) is 4.79 Å². The lowest BCUT2D eigenvalue weighted by Gasteiger charge is -2.32. The number of hydrogen-bond donors (Lipinski definition) is 0. The number of halogens is 1. The molecular formula is C17H16ClNO3. The van der Waals surface area contributed by atoms with E-state index in [0.29, 0.717) is 30.5 Å². The molecule has 1 heterocycles. The smallest absolute Gasteiger partial charge is 0.410 e. The van der Waals surface area contributed by atoms with E-state index in [1.165, 1.54) is 0 Å². The van der Waals surface area contributed by atoms with Crippen LogP contribution < -0.4 is 4.74 Å². The highest BCUT2D eigenvalue weighted by Crippen LogP contribution is 2.24. The Balaban J connectivity index is 1.65. The molecule has 0 aromatic heterocycles. The largest absolute Gasteiger partial charge is 0.415 e. The SMILES string of the molecule is O=C(Oc1ccccc1)N1CCO[C@@H](c2ccc(Cl)cc2)C1. The minimum Gasteiger partial charge on any atom is -0.410 e. The Morgan fingerprint density at radius 2 is 1.86 bits per heavy atom. The maximum atomic E-state index is 12.2. The summed E-state index contributed by atoms with van der Waals surface area (Å²) in [6.45, 7) is 1.47. The first-order chi connectivity index (χ1) is 10.7. The highest BCUT2D eigenvalue weighted by atomic mass is 35.5. The van der Waals surface area contributed by atoms with Crippen molar-refractivity contribution in [2.24, 2.45) is 0 Å². The van der Waals surface area contributed by atoms with E-state index < -0.39 is 0 Å². The molecule has 2 aromatic rings. The number of carbonyl (C=O) groups is 1. The minimum atomic E-state index is -0.353. The van der Waals surface area contributed by atoms with Gasteiger partial charge in [0.25, 0.3) is 0 Å². The number of nitrogens with zero attached hydrogens (tertiary/aromatic N) is 1. The molecule has 0 saturated carbocycles. The molecular weight excluding hydrogens is 302 g/mol. The molecule has 3 rings (SSSR count). The topological polar surface area (TPSA) is 38.8 Å². The number of amides is 1. The van der Waals surface area contributed by atoms with Crippen LogP contribution in [0.1, 0.15) is 11.7 Å². The first kappa shape index (κ1) is 14.9. The number of rotatable bonds is 2. The first-order valence-corrected chi connectivity index (χ1v) is 7.49. The Morgan fingerprint density at radius 3 is 2.59 bits per heavy atom. The summed E-state index contributed by atoms with van der Waals surface area (Å²) >= 11 is 5.89. The number of para-hydroxylation sites is 1. The third-order valence-corrected chi connectivity index (χ3v) is 3.77. The van der Waals surface area contributed by atoms with Crippen LogP contribution in [0.3, 0.4) is 0 Å². The summed E-state index contributed by atoms with van der Waals surface area (Å²) in [6.07, 6.45) is -0.511. The Kier molecular flexibility index (Phi) is 4.61. The van der Waals surface area contributed by atoms with Crippen molar-refractivity contribution in [3.63, 3.8) is 0 Å². The molecule has 5 heteroatoms. The molecule has 0 spiro atoms. The molecule has 1 fully saturated rings. The first-order valence-electron chi connectivity index (χ1n) is 7.11. The lowest BCUT2D eigenvalue weighted by Crippen LogP contribution is -2.43. The average molecular weight is 318 g/mol. The lowest BCUT2D eigenvalue weighted by molar-refractivity contribution is -0.0218. The van der Waals surface area contributed by atoms with Crippen molar-refractivity contribution in [1.29, 1.82) is 0 Å². The molecule has 22 heavy (non-hydrogen) atoms. The van der Waals surface area contributed by atoms with Crippen LogP contribution in [0.15, 0.2) is 54.6 Å². The van der Waals surface area contributed by atoms with Gasteiger partial charge in [-0.2, -0.15) is 0 Å². The predicted octanol–water partition coefficient (Wildman–Crippen LogP) is 3.91. The van der Waals surface area contributed by atoms with Crippen molar-refractivity contribution in [3.8, 4) is 5.75 Å². The second-order valence-electron chi connectivity index (χ2n) is 5.04. The van der Waals surface area contributed by atoms with E-state index in [4.69, 9.17) is 21.1 Å². The normalized spacial score (nSPS) is 18.0. The molecule has 0 radical (unpaired) electrons. The van der Waals surface area contributed by atoms with E-state index in [9.17, 15) is 4.79 Å². The van der Waals surface area contributed by atoms with E-state index in [0.717, 1.165) is 5.56 Å². The fourth-order valence-corrected chi connectivity index (χ4v) is 2.47. The summed E-state index contributed by atoms with van der Waals surface area (Å²) in [6, 6.07) is 16.5. The molecule has 4 nitrogen and oxygen atoms in total. The van der Waals surface area contributed by atoms with E-state index in [-0.39, 0.29) is 12.2 Å². The van der Waals surface area contributed by atoms with Crippen molar-refractivity contribution in [3.05, 3.63) is 65.2 Å². The zero-order valence-corrected chi connectivity index (χ0v) is 12.7. The van der Waals surface area contributed by atoms with Crippen LogP contribution in [0.2, 0.25) is 5.02 Å². The van der Waals surface area contributed by atoms with Gasteiger partial charge >= 0.3 is 6.09 Å². The van der Waals surface area contributed by atoms with Crippen molar-refractivity contribution < 1.29 is 14.3 Å². The second kappa shape index (κ2) is 6.81. The van der Waals surface area contributed by atoms with Crippen LogP contribution in [0.4, 0.5) is 4.79 Å². The van der Waals surface area contributed by atoms with Gasteiger partial charge in [-0.1, -0.05) is 41.9 Å². The fraction of sp³-hybridized carbons (Fsp3) is 0.235. The van der Waals surface area contributed by atoms with E-state index >= 15 is 0 Å². The van der Waals surface area contributed by atoms with Crippen molar-refractivity contribution >= 4 is 17.7 Å². The second-order valence-corrected chi connectivity index (χ2v) is 5.47. The van der Waals surface area contributed by atoms with Crippen LogP contribution in [-0.4, -0.2) is 30.7 Å². The zero-order valence-electron chi connectivity index (χ0n) is 11.9. The molecule has 1 amide bonds. The molecule has 1 saturated heterocycles. The van der Waals surface area contributed by atoms with Gasteiger partial charge in [0.1, 0.15) is 11.9 Å². The van der Waals surface area contributed by atoms with E-state index in [1.807, 2.05) is 42.5 Å². The van der Waals surface area contributed by atoms with Crippen LogP contribution in [0.25, 0.3) is 0 Å². The number of morpholine rings is 1. The molecule has 1 atom stereocenters. The van der Waals surface area contributed by atoms with Gasteiger partial charge in [0.15, 0.2) is 0 Å². The molecule has 0 unspecified atom stereocenters. The van der Waals surface area contributed by atoms with E-state index in [2.05, 4.69) is 0 Å². The summed E-state index contributed by atoms with van der Waals surface area (Å²) < 4.78 is 11.1. The summed E-state index contributed by atoms with van der Waals surface area (Å²) in [5, 5.41) is 0.680. The molecule has 0 bridgehead atoms. The van der Waals surface area contributed by atoms with Crippen LogP contribution in [0.5, 0.6) is 5.75 Å². The monoisotopic (exact) mass is 317 g/mol. The Labute approximate surface area is 134 Å². The van der Waals surface area contributed by atoms with Crippen molar-refractivity contribution in [2.45, 2.75) is 6.10 Å². The molecule has 2 aromatic carbocycles. The molecule has 1 aliphatic rings. The number of hydrogen-bond acceptors (Lipinski definition) is 3. The summed E-state index contributed by atoms with van der Waals surface area (Å²) in [4.78, 5) is 13.9. The van der Waals surface area contributed by atoms with Crippen molar-refractivity contribution in [1.82, 2.24) is 4.90 Å². The molecule has 0 N–H and O–H groups in total. The van der Waals surface area contributed by atoms with Crippen LogP contribution in [0, 0.1) is 0 Å². The van der Waals surface area contributed by atoms with Crippen LogP contribution >= 0.6 is 11.6 Å². The standard InChI is InChI=1S/C17H16ClNO3/c18-14-8-6-13(7-9-14)16-12-19(10-11-21-16)17(20)22-15-4-2-1-3-5-15/h1-9,16H,10-12H2/t16-/m1/s1. The fourth-order valence-electron chi connectivity index (χ4n) is 2.35. The number of carbonyl (C=O) groups excluding carboxylic acids is 1. The van der Waals surface area contributed by atoms with Gasteiger partial charge in [0.05, 0.1) is 13.2 Å². The Morgan fingerprint density at radius 1 is 1.14 bits per heavy atom. The Hall–Kier alpha value is -2.04. The van der Waals surface area contributed by atoms with Gasteiger partial charge in [0.2, 0.25) is 0 Å². The zero-order chi connectivity index (χ0) is 15.4. The summed E-state index contributed by atoms with van der Waals surface area (Å²) in [5.41, 5.74) is 1.00. The highest BCUT2D eigenvalue weighted by Gasteiger charge is 2.26. The van der Waals surface area contributed by atoms with Gasteiger partial charge in [-0.3, -0.25) is 0 Å². The van der Waals surface area contributed by atoms with Gasteiger partial charge in [-0.15, -0.1) is 0 Å². The quantitative estimate of drug-likeness (QED) is 0.843. The molecule has 1 aliphatic heterocycles. The van der Waals surface area contributed by atoms with Gasteiger partial charge < -0.3 is 14.4 Å². The van der Waals surface area contributed by atoms with Gasteiger partial charge in [-0.05, 0) is 29.8 Å². The highest BCUT2D eigenvalue weighted by molar-refractivity contribution is 6.30. The van der Waals surface area contributed by atoms with E-state index in [1.54, 1.807) is 17.0 Å². The van der Waals surface area contributed by atoms with Crippen molar-refractivity contribution in [2.75, 3.05) is 19.7 Å². The summed E-state index contributed by atoms with van der Waals surface area (Å²) in [7, 11) is 0. The maximum Gasteiger partial charge on any atom is 0.415 e.